The molecular weight excluding hydrogens is 122 g/mol. The Morgan fingerprint density at radius 2 is 2.25 bits per heavy atom. The van der Waals surface area contributed by atoms with E-state index in [1.54, 1.807) is 0 Å². The van der Waals surface area contributed by atoms with Crippen molar-refractivity contribution in [1.29, 1.82) is 0 Å². The fraction of sp³-hybridized carbons (Fsp3) is 1.00. The number of unbranched alkanes of at least 4 members (excludes halogenated alkanes) is 1. The first-order valence-electron chi connectivity index (χ1n) is 3.17. The standard InChI is InChI=1S/C6H14ClN/c1-3-4-5-6(2)8-7/h6,8H,3-5H2,1-2H3. The molecule has 0 aliphatic rings. The molecule has 1 N–H and O–H groups in total. The van der Waals surface area contributed by atoms with Crippen LogP contribution in [0.1, 0.15) is 33.1 Å². The molecule has 0 saturated heterocycles. The third-order valence-electron chi connectivity index (χ3n) is 1.18. The minimum atomic E-state index is 0.469. The third-order valence-corrected chi connectivity index (χ3v) is 1.55. The highest BCUT2D eigenvalue weighted by molar-refractivity contribution is 6.13. The Balaban J connectivity index is 2.86. The Bertz CT molecular complexity index is 47.8. The largest absolute Gasteiger partial charge is 0.231 e. The smallest absolute Gasteiger partial charge is 0.0192 e. The molecule has 0 fully saturated rings. The molecule has 0 amide bonds. The normalized spacial score (nSPS) is 13.9. The van der Waals surface area contributed by atoms with Crippen molar-refractivity contribution in [2.45, 2.75) is 39.2 Å². The average molecular weight is 136 g/mol. The van der Waals surface area contributed by atoms with E-state index in [9.17, 15) is 0 Å². The molecule has 0 aromatic carbocycles. The van der Waals surface area contributed by atoms with E-state index in [0.29, 0.717) is 6.04 Å². The van der Waals surface area contributed by atoms with Gasteiger partial charge in [0.05, 0.1) is 0 Å². The van der Waals surface area contributed by atoms with Crippen LogP contribution in [0, 0.1) is 0 Å². The zero-order valence-corrected chi connectivity index (χ0v) is 6.33. The number of rotatable bonds is 4. The van der Waals surface area contributed by atoms with Crippen LogP contribution in [0.5, 0.6) is 0 Å². The Morgan fingerprint density at radius 1 is 1.62 bits per heavy atom. The molecule has 0 heterocycles. The monoisotopic (exact) mass is 135 g/mol. The number of hydrogen-bond acceptors (Lipinski definition) is 1. The quantitative estimate of drug-likeness (QED) is 0.584. The van der Waals surface area contributed by atoms with Crippen LogP contribution in [0.25, 0.3) is 0 Å². The van der Waals surface area contributed by atoms with Gasteiger partial charge in [0.25, 0.3) is 0 Å². The fourth-order valence-corrected chi connectivity index (χ4v) is 0.674. The first kappa shape index (κ1) is 8.25. The predicted octanol–water partition coefficient (Wildman–Crippen LogP) is 2.31. The van der Waals surface area contributed by atoms with E-state index in [0.717, 1.165) is 0 Å². The molecule has 8 heavy (non-hydrogen) atoms. The van der Waals surface area contributed by atoms with E-state index in [4.69, 9.17) is 11.8 Å². The van der Waals surface area contributed by atoms with Crippen molar-refractivity contribution in [1.82, 2.24) is 4.84 Å². The van der Waals surface area contributed by atoms with Gasteiger partial charge in [-0.25, -0.2) is 4.84 Å². The van der Waals surface area contributed by atoms with Crippen molar-refractivity contribution in [3.05, 3.63) is 0 Å². The molecular formula is C6H14ClN. The van der Waals surface area contributed by atoms with Crippen LogP contribution in [0.15, 0.2) is 0 Å². The van der Waals surface area contributed by atoms with Crippen LogP contribution in [0.2, 0.25) is 0 Å². The lowest BCUT2D eigenvalue weighted by Gasteiger charge is -2.04. The van der Waals surface area contributed by atoms with Gasteiger partial charge in [-0.2, -0.15) is 0 Å². The van der Waals surface area contributed by atoms with Gasteiger partial charge in [0, 0.05) is 6.04 Å². The number of nitrogens with one attached hydrogen (secondary N) is 1. The summed E-state index contributed by atoms with van der Waals surface area (Å²) >= 11 is 5.34. The second-order valence-corrected chi connectivity index (χ2v) is 2.37. The van der Waals surface area contributed by atoms with Crippen LogP contribution >= 0.6 is 11.8 Å². The highest BCUT2D eigenvalue weighted by Gasteiger charge is 1.94. The zero-order chi connectivity index (χ0) is 6.41. The van der Waals surface area contributed by atoms with Gasteiger partial charge in [0.2, 0.25) is 0 Å². The molecule has 1 atom stereocenters. The Morgan fingerprint density at radius 3 is 2.62 bits per heavy atom. The summed E-state index contributed by atoms with van der Waals surface area (Å²) in [6, 6.07) is 0.469. The van der Waals surface area contributed by atoms with Gasteiger partial charge in [-0.3, -0.25) is 0 Å². The van der Waals surface area contributed by atoms with Crippen LogP contribution in [-0.2, 0) is 0 Å². The van der Waals surface area contributed by atoms with Crippen molar-refractivity contribution in [2.24, 2.45) is 0 Å². The van der Waals surface area contributed by atoms with Crippen LogP contribution < -0.4 is 4.84 Å². The molecule has 0 aliphatic heterocycles. The van der Waals surface area contributed by atoms with Crippen molar-refractivity contribution in [3.63, 3.8) is 0 Å². The van der Waals surface area contributed by atoms with Crippen LogP contribution in [0.3, 0.4) is 0 Å². The molecule has 0 radical (unpaired) electrons. The summed E-state index contributed by atoms with van der Waals surface area (Å²) in [5.74, 6) is 0. The molecule has 2 heteroatoms. The van der Waals surface area contributed by atoms with Gasteiger partial charge in [0.1, 0.15) is 0 Å². The van der Waals surface area contributed by atoms with E-state index in [2.05, 4.69) is 18.7 Å². The second-order valence-electron chi connectivity index (χ2n) is 2.15. The summed E-state index contributed by atoms with van der Waals surface area (Å²) in [7, 11) is 0. The van der Waals surface area contributed by atoms with Crippen LogP contribution in [-0.4, -0.2) is 6.04 Å². The van der Waals surface area contributed by atoms with Gasteiger partial charge >= 0.3 is 0 Å². The molecule has 0 bridgehead atoms. The Hall–Kier alpha value is 0.250. The molecule has 0 rings (SSSR count). The molecule has 0 aromatic rings. The average Bonchev–Trinajstić information content (AvgIpc) is 1.83. The van der Waals surface area contributed by atoms with E-state index >= 15 is 0 Å². The molecule has 0 spiro atoms. The maximum Gasteiger partial charge on any atom is 0.0192 e. The van der Waals surface area contributed by atoms with Gasteiger partial charge in [-0.1, -0.05) is 19.8 Å². The molecule has 50 valence electrons. The second kappa shape index (κ2) is 5.39. The summed E-state index contributed by atoms with van der Waals surface area (Å²) in [6.07, 6.45) is 3.70. The Labute approximate surface area is 56.5 Å². The summed E-state index contributed by atoms with van der Waals surface area (Å²) in [5, 5.41) is 0. The summed E-state index contributed by atoms with van der Waals surface area (Å²) in [5.41, 5.74) is 0. The van der Waals surface area contributed by atoms with Gasteiger partial charge in [-0.15, -0.1) is 0 Å². The highest BCUT2D eigenvalue weighted by atomic mass is 35.5. The maximum absolute atomic E-state index is 5.34. The highest BCUT2D eigenvalue weighted by Crippen LogP contribution is 1.98. The van der Waals surface area contributed by atoms with E-state index in [1.807, 2.05) is 0 Å². The molecule has 0 aromatic heterocycles. The SMILES string of the molecule is CCCCC(C)NCl. The lowest BCUT2D eigenvalue weighted by Crippen LogP contribution is -2.15. The fourth-order valence-electron chi connectivity index (χ4n) is 0.565. The lowest BCUT2D eigenvalue weighted by molar-refractivity contribution is 0.583. The van der Waals surface area contributed by atoms with E-state index in [-0.39, 0.29) is 0 Å². The topological polar surface area (TPSA) is 12.0 Å². The summed E-state index contributed by atoms with van der Waals surface area (Å²) < 4.78 is 0. The van der Waals surface area contributed by atoms with Crippen molar-refractivity contribution in [3.8, 4) is 0 Å². The molecule has 1 nitrogen and oxygen atoms in total. The van der Waals surface area contributed by atoms with Gasteiger partial charge < -0.3 is 0 Å². The van der Waals surface area contributed by atoms with Crippen LogP contribution in [0.4, 0.5) is 0 Å². The van der Waals surface area contributed by atoms with Crippen molar-refractivity contribution >= 4 is 11.8 Å². The molecule has 1 unspecified atom stereocenters. The number of halogens is 1. The van der Waals surface area contributed by atoms with E-state index in [1.165, 1.54) is 19.3 Å². The zero-order valence-electron chi connectivity index (χ0n) is 5.58. The Kier molecular flexibility index (Phi) is 5.56. The van der Waals surface area contributed by atoms with Gasteiger partial charge in [-0.05, 0) is 25.1 Å². The minimum Gasteiger partial charge on any atom is -0.231 e. The first-order valence-corrected chi connectivity index (χ1v) is 3.55. The van der Waals surface area contributed by atoms with Crippen molar-refractivity contribution < 1.29 is 0 Å². The predicted molar refractivity (Wildman–Crippen MR) is 38.0 cm³/mol. The van der Waals surface area contributed by atoms with Gasteiger partial charge in [0.15, 0.2) is 0 Å². The first-order chi connectivity index (χ1) is 3.81. The van der Waals surface area contributed by atoms with Crippen molar-refractivity contribution in [2.75, 3.05) is 0 Å². The number of hydrogen-bond donors (Lipinski definition) is 1. The maximum atomic E-state index is 5.34. The lowest BCUT2D eigenvalue weighted by atomic mass is 10.2. The minimum absolute atomic E-state index is 0.469. The summed E-state index contributed by atoms with van der Waals surface area (Å²) in [6.45, 7) is 4.27. The third kappa shape index (κ3) is 4.41. The summed E-state index contributed by atoms with van der Waals surface area (Å²) in [4.78, 5) is 2.67. The molecule has 0 aliphatic carbocycles. The molecule has 0 saturated carbocycles. The van der Waals surface area contributed by atoms with E-state index < -0.39 is 0 Å².